The van der Waals surface area contributed by atoms with Gasteiger partial charge in [-0.1, -0.05) is 18.2 Å². The number of rotatable bonds is 4. The van der Waals surface area contributed by atoms with Gasteiger partial charge in [0.1, 0.15) is 11.9 Å². The fourth-order valence-corrected chi connectivity index (χ4v) is 2.55. The fraction of sp³-hybridized carbons (Fsp3) is 0.250. The van der Waals surface area contributed by atoms with Gasteiger partial charge >= 0.3 is 0 Å². The number of aryl methyl sites for hydroxylation is 1. The van der Waals surface area contributed by atoms with Crippen LogP contribution in [-0.4, -0.2) is 17.6 Å². The smallest absolute Gasteiger partial charge is 0.269 e. The van der Waals surface area contributed by atoms with Gasteiger partial charge in [0, 0.05) is 24.2 Å². The minimum Gasteiger partial charge on any atom is -0.488 e. The summed E-state index contributed by atoms with van der Waals surface area (Å²) in [4.78, 5) is 10.3. The molecule has 5 heteroatoms. The predicted octanol–water partition coefficient (Wildman–Crippen LogP) is 3.32. The molecule has 3 rings (SSSR count). The van der Waals surface area contributed by atoms with E-state index in [1.807, 2.05) is 25.1 Å². The summed E-state index contributed by atoms with van der Waals surface area (Å²) in [7, 11) is 0. The van der Waals surface area contributed by atoms with E-state index in [9.17, 15) is 10.1 Å². The van der Waals surface area contributed by atoms with Crippen LogP contribution < -0.4 is 10.1 Å². The van der Waals surface area contributed by atoms with E-state index in [0.29, 0.717) is 6.54 Å². The number of ether oxygens (including phenoxy) is 1. The molecule has 0 fully saturated rings. The first kappa shape index (κ1) is 13.4. The SMILES string of the molecule is Cc1cc([N+](=O)[O-])ccc1NCC1Cc2ccccc2O1. The van der Waals surface area contributed by atoms with E-state index in [1.165, 1.54) is 11.6 Å². The van der Waals surface area contributed by atoms with Gasteiger partial charge in [0.05, 0.1) is 11.5 Å². The Balaban J connectivity index is 1.63. The second kappa shape index (κ2) is 5.44. The minimum absolute atomic E-state index is 0.0944. The van der Waals surface area contributed by atoms with Crippen molar-refractivity contribution in [3.8, 4) is 5.75 Å². The highest BCUT2D eigenvalue weighted by Crippen LogP contribution is 2.28. The van der Waals surface area contributed by atoms with E-state index >= 15 is 0 Å². The third-order valence-electron chi connectivity index (χ3n) is 3.65. The molecule has 0 saturated heterocycles. The quantitative estimate of drug-likeness (QED) is 0.691. The van der Waals surface area contributed by atoms with E-state index in [1.54, 1.807) is 12.1 Å². The molecule has 0 spiro atoms. The molecule has 0 aliphatic carbocycles. The van der Waals surface area contributed by atoms with Crippen LogP contribution >= 0.6 is 0 Å². The molecule has 2 aromatic rings. The van der Waals surface area contributed by atoms with Gasteiger partial charge in [-0.2, -0.15) is 0 Å². The molecule has 1 aliphatic rings. The van der Waals surface area contributed by atoms with Gasteiger partial charge in [0.2, 0.25) is 0 Å². The Kier molecular flexibility index (Phi) is 3.48. The number of benzene rings is 2. The van der Waals surface area contributed by atoms with Gasteiger partial charge < -0.3 is 10.1 Å². The molecule has 0 radical (unpaired) electrons. The molecule has 0 aromatic heterocycles. The zero-order valence-corrected chi connectivity index (χ0v) is 11.7. The Morgan fingerprint density at radius 2 is 2.14 bits per heavy atom. The maximum atomic E-state index is 10.7. The van der Waals surface area contributed by atoms with Crippen molar-refractivity contribution in [2.24, 2.45) is 0 Å². The number of para-hydroxylation sites is 1. The number of anilines is 1. The Bertz CT molecular complexity index is 660. The van der Waals surface area contributed by atoms with E-state index < -0.39 is 0 Å². The lowest BCUT2D eigenvalue weighted by Gasteiger charge is -2.14. The molecule has 1 N–H and O–H groups in total. The summed E-state index contributed by atoms with van der Waals surface area (Å²) in [6, 6.07) is 12.9. The van der Waals surface area contributed by atoms with Gasteiger partial charge in [-0.15, -0.1) is 0 Å². The summed E-state index contributed by atoms with van der Waals surface area (Å²) in [5.41, 5.74) is 3.10. The Morgan fingerprint density at radius 3 is 2.86 bits per heavy atom. The summed E-state index contributed by atoms with van der Waals surface area (Å²) in [5, 5.41) is 14.0. The Labute approximate surface area is 122 Å². The Hall–Kier alpha value is -2.56. The molecule has 1 heterocycles. The van der Waals surface area contributed by atoms with Crippen molar-refractivity contribution in [2.75, 3.05) is 11.9 Å². The van der Waals surface area contributed by atoms with Crippen LogP contribution in [0.2, 0.25) is 0 Å². The van der Waals surface area contributed by atoms with E-state index in [2.05, 4.69) is 11.4 Å². The summed E-state index contributed by atoms with van der Waals surface area (Å²) >= 11 is 0. The number of non-ortho nitro benzene ring substituents is 1. The average molecular weight is 284 g/mol. The molecular formula is C16H16N2O3. The van der Waals surface area contributed by atoms with Crippen LogP contribution in [0.15, 0.2) is 42.5 Å². The first-order valence-corrected chi connectivity index (χ1v) is 6.87. The van der Waals surface area contributed by atoms with Crippen molar-refractivity contribution in [3.63, 3.8) is 0 Å². The number of nitrogens with zero attached hydrogens (tertiary/aromatic N) is 1. The Morgan fingerprint density at radius 1 is 1.33 bits per heavy atom. The summed E-state index contributed by atoms with van der Waals surface area (Å²) in [5.74, 6) is 0.949. The third kappa shape index (κ3) is 2.81. The molecule has 1 unspecified atom stereocenters. The number of nitrogens with one attached hydrogen (secondary N) is 1. The fourth-order valence-electron chi connectivity index (χ4n) is 2.55. The highest BCUT2D eigenvalue weighted by Gasteiger charge is 2.22. The minimum atomic E-state index is -0.381. The molecule has 1 atom stereocenters. The number of hydrogen-bond donors (Lipinski definition) is 1. The van der Waals surface area contributed by atoms with Crippen molar-refractivity contribution in [3.05, 3.63) is 63.7 Å². The maximum absolute atomic E-state index is 10.7. The normalized spacial score (nSPS) is 16.1. The number of nitro benzene ring substituents is 1. The van der Waals surface area contributed by atoms with E-state index in [0.717, 1.165) is 23.4 Å². The monoisotopic (exact) mass is 284 g/mol. The average Bonchev–Trinajstić information content (AvgIpc) is 2.88. The molecular weight excluding hydrogens is 268 g/mol. The largest absolute Gasteiger partial charge is 0.488 e. The molecule has 5 nitrogen and oxygen atoms in total. The molecule has 2 aromatic carbocycles. The van der Waals surface area contributed by atoms with Crippen LogP contribution in [-0.2, 0) is 6.42 Å². The highest BCUT2D eigenvalue weighted by atomic mass is 16.6. The lowest BCUT2D eigenvalue weighted by atomic mass is 10.1. The molecule has 1 aliphatic heterocycles. The van der Waals surface area contributed by atoms with Gasteiger partial charge in [0.25, 0.3) is 5.69 Å². The van der Waals surface area contributed by atoms with Gasteiger partial charge in [-0.25, -0.2) is 0 Å². The number of nitro groups is 1. The van der Waals surface area contributed by atoms with Crippen molar-refractivity contribution in [1.82, 2.24) is 0 Å². The summed E-state index contributed by atoms with van der Waals surface area (Å²) in [6.45, 7) is 2.53. The van der Waals surface area contributed by atoms with E-state index in [-0.39, 0.29) is 16.7 Å². The zero-order valence-electron chi connectivity index (χ0n) is 11.7. The van der Waals surface area contributed by atoms with Gasteiger partial charge in [-0.3, -0.25) is 10.1 Å². The summed E-state index contributed by atoms with van der Waals surface area (Å²) < 4.78 is 5.86. The molecule has 0 bridgehead atoms. The van der Waals surface area contributed by atoms with Crippen molar-refractivity contribution >= 4 is 11.4 Å². The summed E-state index contributed by atoms with van der Waals surface area (Å²) in [6.07, 6.45) is 0.979. The third-order valence-corrected chi connectivity index (χ3v) is 3.65. The number of hydrogen-bond acceptors (Lipinski definition) is 4. The molecule has 108 valence electrons. The van der Waals surface area contributed by atoms with Crippen LogP contribution in [0, 0.1) is 17.0 Å². The highest BCUT2D eigenvalue weighted by molar-refractivity contribution is 5.55. The predicted molar refractivity (Wildman–Crippen MR) is 80.9 cm³/mol. The first-order chi connectivity index (χ1) is 10.1. The lowest BCUT2D eigenvalue weighted by Crippen LogP contribution is -2.24. The standard InChI is InChI=1S/C16H16N2O3/c1-11-8-13(18(19)20)6-7-15(11)17-10-14-9-12-4-2-3-5-16(12)21-14/h2-8,14,17H,9-10H2,1H3. The molecule has 0 amide bonds. The second-order valence-corrected chi connectivity index (χ2v) is 5.19. The van der Waals surface area contributed by atoms with Crippen molar-refractivity contribution in [1.29, 1.82) is 0 Å². The maximum Gasteiger partial charge on any atom is 0.269 e. The van der Waals surface area contributed by atoms with E-state index in [4.69, 9.17) is 4.74 Å². The van der Waals surface area contributed by atoms with Crippen LogP contribution in [0.4, 0.5) is 11.4 Å². The van der Waals surface area contributed by atoms with Gasteiger partial charge in [-0.05, 0) is 30.2 Å². The van der Waals surface area contributed by atoms with Crippen LogP contribution in [0.25, 0.3) is 0 Å². The van der Waals surface area contributed by atoms with Gasteiger partial charge in [0.15, 0.2) is 0 Å². The zero-order chi connectivity index (χ0) is 14.8. The van der Waals surface area contributed by atoms with Crippen LogP contribution in [0.5, 0.6) is 5.75 Å². The van der Waals surface area contributed by atoms with Crippen LogP contribution in [0.3, 0.4) is 0 Å². The molecule has 0 saturated carbocycles. The molecule has 21 heavy (non-hydrogen) atoms. The lowest BCUT2D eigenvalue weighted by molar-refractivity contribution is -0.384. The number of fused-ring (bicyclic) bond motifs is 1. The van der Waals surface area contributed by atoms with Crippen LogP contribution in [0.1, 0.15) is 11.1 Å². The topological polar surface area (TPSA) is 64.4 Å². The van der Waals surface area contributed by atoms with Crippen molar-refractivity contribution < 1.29 is 9.66 Å². The van der Waals surface area contributed by atoms with Crippen molar-refractivity contribution in [2.45, 2.75) is 19.4 Å². The first-order valence-electron chi connectivity index (χ1n) is 6.87. The second-order valence-electron chi connectivity index (χ2n) is 5.19.